The zero-order chi connectivity index (χ0) is 60.7. The number of carbonyl (C=O) groups is 9. The second-order valence-electron chi connectivity index (χ2n) is 19.7. The molecule has 0 aliphatic carbocycles. The molecule has 1 heterocycles. The van der Waals surface area contributed by atoms with Crippen LogP contribution in [0.25, 0.3) is 0 Å². The van der Waals surface area contributed by atoms with Crippen molar-refractivity contribution in [1.82, 2.24) is 42.5 Å². The first-order chi connectivity index (χ1) is 38.8. The van der Waals surface area contributed by atoms with Gasteiger partial charge in [-0.25, -0.2) is 0 Å². The van der Waals surface area contributed by atoms with E-state index >= 15 is 0 Å². The average Bonchev–Trinajstić information content (AvgIpc) is 3.56. The number of hydrogen-bond acceptors (Lipinski definition) is 17. The van der Waals surface area contributed by atoms with Crippen LogP contribution in [0.3, 0.4) is 0 Å². The molecule has 1 aliphatic rings. The molecule has 26 nitrogen and oxygen atoms in total. The number of nitrogens with two attached hydrogens (primary N) is 5. The van der Waals surface area contributed by atoms with Gasteiger partial charge in [-0.15, -0.1) is 0 Å². The summed E-state index contributed by atoms with van der Waals surface area (Å²) in [6, 6.07) is 6.14. The number of guanidine groups is 1. The fourth-order valence-corrected chi connectivity index (χ4v) is 12.8. The zero-order valence-electron chi connectivity index (χ0n) is 45.1. The van der Waals surface area contributed by atoms with Crippen LogP contribution in [0.2, 0.25) is 0 Å². The van der Waals surface area contributed by atoms with E-state index in [1.54, 1.807) is 68.4 Å². The van der Waals surface area contributed by atoms with E-state index in [2.05, 4.69) is 47.5 Å². The molecular weight excluding hydrogens is 1330 g/mol. The Morgan fingerprint density at radius 1 is 0.744 bits per heavy atom. The SMILES string of the molecule is CC1(C)SSC[C@@H](C(=O)N[C@@H](CCCCN)C(=O)N[C@@H](CCCN=C(N)N)C(N)=O)NC(=O)[C@H](Cc2ccccc2)NC(=O)[C@H](CO)NC(=O)CNC(=O)[C@H](Cc2cc(I)c(O)c(I)c2)NC(=O)[C@H]1NC(=O)[C@@H](N)Cc1ccc(O)cc1. The summed E-state index contributed by atoms with van der Waals surface area (Å²) in [4.78, 5) is 130. The highest BCUT2D eigenvalue weighted by Crippen LogP contribution is 2.39. The molecule has 30 heteroatoms. The molecule has 0 unspecified atom stereocenters. The molecule has 1 fully saturated rings. The fraction of sp³-hybridized carbons (Fsp3) is 0.462. The smallest absolute Gasteiger partial charge is 0.245 e. The van der Waals surface area contributed by atoms with Crippen molar-refractivity contribution >= 4 is 126 Å². The van der Waals surface area contributed by atoms with E-state index in [0.717, 1.165) is 21.6 Å². The molecule has 0 spiro atoms. The standard InChI is InChI=1S/C52H72I2N14O12S2/c1-52(2)42(68-44(74)33(56)21-28-13-15-30(70)16-14-28)50(80)66-36(23-29-19-31(53)41(72)32(54)20-29)45(75)61-24-40(71)62-38(25-69)48(78)65-37(22-27-9-4-3-5-10-27)47(77)67-39(26-81-82-52)49(79)64-35(11-6-7-17-55)46(76)63-34(43(57)73)12-8-18-60-51(58)59/h3-5,9-10,13-16,19-20,33-39,42,69-70,72H,6-8,11-12,17-18,21-26,55-56H2,1-2H3,(H2,57,73)(H,61,75)(H,62,71)(H,63,76)(H,64,79)(H,65,78)(H,66,80)(H,67,77)(H,68,74)(H4,58,59,60)/t33-,34-,35-,36-,37-,38-,39-,42+/m0/s1. The van der Waals surface area contributed by atoms with Crippen LogP contribution in [0.5, 0.6) is 11.5 Å². The lowest BCUT2D eigenvalue weighted by molar-refractivity contribution is -0.135. The van der Waals surface area contributed by atoms with Gasteiger partial charge < -0.3 is 86.5 Å². The predicted molar refractivity (Wildman–Crippen MR) is 327 cm³/mol. The molecule has 3 aromatic carbocycles. The van der Waals surface area contributed by atoms with Gasteiger partial charge in [-0.1, -0.05) is 64.1 Å². The van der Waals surface area contributed by atoms with Gasteiger partial charge in [0.05, 0.1) is 26.3 Å². The normalized spacial score (nSPS) is 20.4. The van der Waals surface area contributed by atoms with Crippen LogP contribution in [-0.4, -0.2) is 160 Å². The van der Waals surface area contributed by atoms with Crippen LogP contribution >= 0.6 is 66.8 Å². The van der Waals surface area contributed by atoms with Crippen LogP contribution in [0.1, 0.15) is 62.6 Å². The van der Waals surface area contributed by atoms with Gasteiger partial charge in [-0.2, -0.15) is 0 Å². The van der Waals surface area contributed by atoms with Crippen molar-refractivity contribution in [2.75, 3.05) is 32.0 Å². The molecule has 1 saturated heterocycles. The summed E-state index contributed by atoms with van der Waals surface area (Å²) in [7, 11) is 1.97. The molecule has 1 aliphatic heterocycles. The third kappa shape index (κ3) is 22.5. The third-order valence-corrected chi connectivity index (χ3v) is 17.6. The first-order valence-corrected chi connectivity index (χ1v) is 30.4. The Labute approximate surface area is 509 Å². The van der Waals surface area contributed by atoms with Gasteiger partial charge in [0.2, 0.25) is 53.2 Å². The van der Waals surface area contributed by atoms with Crippen molar-refractivity contribution in [2.45, 2.75) is 118 Å². The number of halogens is 2. The van der Waals surface area contributed by atoms with Crippen molar-refractivity contribution < 1.29 is 58.5 Å². The summed E-state index contributed by atoms with van der Waals surface area (Å²) < 4.78 is -0.536. The van der Waals surface area contributed by atoms with Crippen LogP contribution < -0.4 is 71.2 Å². The predicted octanol–water partition coefficient (Wildman–Crippen LogP) is -1.99. The number of phenolic OH excluding ortho intramolecular Hbond substituents is 2. The molecule has 448 valence electrons. The minimum absolute atomic E-state index is 0.0143. The molecule has 82 heavy (non-hydrogen) atoms. The number of nitrogens with zero attached hydrogens (tertiary/aromatic N) is 1. The third-order valence-electron chi connectivity index (χ3n) is 12.6. The summed E-state index contributed by atoms with van der Waals surface area (Å²) in [6.45, 7) is 1.81. The van der Waals surface area contributed by atoms with Gasteiger partial charge in [-0.3, -0.25) is 48.1 Å². The summed E-state index contributed by atoms with van der Waals surface area (Å²) in [5.41, 5.74) is 30.3. The number of amides is 9. The average molecular weight is 1400 g/mol. The van der Waals surface area contributed by atoms with Crippen LogP contribution in [0.4, 0.5) is 0 Å². The number of aliphatic imine (C=N–C) groups is 1. The number of primary amides is 1. The Bertz CT molecular complexity index is 2720. The number of nitrogens with one attached hydrogen (secondary N) is 8. The molecule has 0 aromatic heterocycles. The Morgan fingerprint density at radius 3 is 1.98 bits per heavy atom. The highest BCUT2D eigenvalue weighted by atomic mass is 127. The van der Waals surface area contributed by atoms with Crippen LogP contribution in [-0.2, 0) is 62.4 Å². The number of phenols is 2. The number of benzene rings is 3. The molecule has 3 aromatic rings. The van der Waals surface area contributed by atoms with Gasteiger partial charge in [0.1, 0.15) is 53.8 Å². The summed E-state index contributed by atoms with van der Waals surface area (Å²) in [5, 5.41) is 51.6. The first kappa shape index (κ1) is 68.3. The molecule has 0 radical (unpaired) electrons. The van der Waals surface area contributed by atoms with E-state index in [0.29, 0.717) is 36.7 Å². The number of aromatic hydroxyl groups is 2. The lowest BCUT2D eigenvalue weighted by Crippen LogP contribution is -2.62. The van der Waals surface area contributed by atoms with Gasteiger partial charge in [0, 0.05) is 29.9 Å². The minimum Gasteiger partial charge on any atom is -0.508 e. The number of carbonyl (C=O) groups excluding carboxylic acids is 9. The lowest BCUT2D eigenvalue weighted by atomic mass is 9.99. The maximum absolute atomic E-state index is 14.9. The van der Waals surface area contributed by atoms with Crippen molar-refractivity contribution in [3.05, 3.63) is 90.6 Å². The van der Waals surface area contributed by atoms with Crippen molar-refractivity contribution in [3.63, 3.8) is 0 Å². The highest BCUT2D eigenvalue weighted by Gasteiger charge is 2.41. The summed E-state index contributed by atoms with van der Waals surface area (Å²) in [5.74, 6) is -8.56. The Balaban J connectivity index is 1.82. The fourth-order valence-electron chi connectivity index (χ4n) is 8.13. The lowest BCUT2D eigenvalue weighted by Gasteiger charge is -2.35. The monoisotopic (exact) mass is 1400 g/mol. The number of aliphatic hydroxyl groups is 1. The van der Waals surface area contributed by atoms with E-state index in [9.17, 15) is 58.5 Å². The molecule has 4 rings (SSSR count). The minimum atomic E-state index is -1.68. The molecule has 21 N–H and O–H groups in total. The highest BCUT2D eigenvalue weighted by molar-refractivity contribution is 14.1. The van der Waals surface area contributed by atoms with Gasteiger partial charge >= 0.3 is 0 Å². The van der Waals surface area contributed by atoms with Crippen molar-refractivity contribution in [3.8, 4) is 11.5 Å². The second kappa shape index (κ2) is 33.8. The van der Waals surface area contributed by atoms with Crippen LogP contribution in [0.15, 0.2) is 71.7 Å². The Morgan fingerprint density at radius 2 is 1.35 bits per heavy atom. The van der Waals surface area contributed by atoms with Crippen LogP contribution in [0, 0.1) is 7.14 Å². The maximum atomic E-state index is 14.9. The van der Waals surface area contributed by atoms with E-state index < -0.39 is 119 Å². The van der Waals surface area contributed by atoms with E-state index in [1.807, 2.05) is 45.2 Å². The van der Waals surface area contributed by atoms with Gasteiger partial charge in [-0.05, 0) is 145 Å². The van der Waals surface area contributed by atoms with E-state index in [4.69, 9.17) is 28.7 Å². The molecule has 0 saturated carbocycles. The zero-order valence-corrected chi connectivity index (χ0v) is 51.0. The quantitative estimate of drug-likeness (QED) is 0.0170. The van der Waals surface area contributed by atoms with E-state index in [1.165, 1.54) is 12.1 Å². The molecular formula is C52H72I2N14O12S2. The summed E-state index contributed by atoms with van der Waals surface area (Å²) in [6.07, 6.45) is 0.656. The van der Waals surface area contributed by atoms with Gasteiger partial charge in [0.25, 0.3) is 0 Å². The topological polar surface area (TPSA) is 453 Å². The van der Waals surface area contributed by atoms with E-state index in [-0.39, 0.29) is 74.8 Å². The van der Waals surface area contributed by atoms with Crippen molar-refractivity contribution in [1.29, 1.82) is 0 Å². The number of rotatable bonds is 22. The Hall–Kier alpha value is -6.20. The summed E-state index contributed by atoms with van der Waals surface area (Å²) >= 11 is 3.81. The maximum Gasteiger partial charge on any atom is 0.245 e. The first-order valence-electron chi connectivity index (χ1n) is 25.9. The molecule has 0 bridgehead atoms. The number of unbranched alkanes of at least 4 members (excludes halogenated alkanes) is 1. The van der Waals surface area contributed by atoms with Crippen molar-refractivity contribution in [2.24, 2.45) is 33.7 Å². The molecule has 8 atom stereocenters. The second-order valence-corrected chi connectivity index (χ2v) is 25.0. The largest absolute Gasteiger partial charge is 0.508 e. The Kier molecular flexibility index (Phi) is 28.1. The number of hydrogen-bond donors (Lipinski definition) is 16. The molecule has 9 amide bonds. The van der Waals surface area contributed by atoms with Gasteiger partial charge in [0.15, 0.2) is 5.96 Å². The number of aliphatic hydroxyl groups excluding tert-OH is 1.